The summed E-state index contributed by atoms with van der Waals surface area (Å²) in [7, 11) is 0. The lowest BCUT2D eigenvalue weighted by Gasteiger charge is -2.18. The Morgan fingerprint density at radius 1 is 0.308 bits per heavy atom. The molecule has 0 N–H and O–H groups in total. The van der Waals surface area contributed by atoms with Crippen molar-refractivity contribution in [2.45, 2.75) is 309 Å². The second-order valence-corrected chi connectivity index (χ2v) is 19.2. The number of rotatable bonds is 52. The van der Waals surface area contributed by atoms with Gasteiger partial charge in [0.2, 0.25) is 0 Å². The minimum absolute atomic E-state index is 0.0737. The average Bonchev–Trinajstić information content (AvgIpc) is 3.30. The predicted molar refractivity (Wildman–Crippen MR) is 279 cm³/mol. The third-order valence-corrected chi connectivity index (χ3v) is 12.6. The van der Waals surface area contributed by atoms with Gasteiger partial charge in [-0.15, -0.1) is 0 Å². The molecule has 1 atom stereocenters. The third-order valence-electron chi connectivity index (χ3n) is 12.6. The van der Waals surface area contributed by atoms with E-state index in [1.807, 2.05) is 0 Å². The van der Waals surface area contributed by atoms with Gasteiger partial charge in [-0.2, -0.15) is 0 Å². The number of ether oxygens (including phenoxy) is 3. The maximum atomic E-state index is 12.8. The zero-order valence-electron chi connectivity index (χ0n) is 43.5. The van der Waals surface area contributed by atoms with Gasteiger partial charge in [-0.1, -0.05) is 243 Å². The molecule has 0 rings (SSSR count). The van der Waals surface area contributed by atoms with Crippen LogP contribution in [0.5, 0.6) is 0 Å². The summed E-state index contributed by atoms with van der Waals surface area (Å²) >= 11 is 0. The van der Waals surface area contributed by atoms with E-state index in [2.05, 4.69) is 57.2 Å². The van der Waals surface area contributed by atoms with E-state index in [1.165, 1.54) is 186 Å². The molecule has 6 nitrogen and oxygen atoms in total. The van der Waals surface area contributed by atoms with Crippen molar-refractivity contribution in [1.29, 1.82) is 0 Å². The summed E-state index contributed by atoms with van der Waals surface area (Å²) in [6.07, 6.45) is 64.2. The quantitative estimate of drug-likeness (QED) is 0.0262. The normalized spacial score (nSPS) is 12.2. The van der Waals surface area contributed by atoms with E-state index in [0.717, 1.165) is 77.0 Å². The number of allylic oxidation sites excluding steroid dienone is 6. The number of hydrogen-bond donors (Lipinski definition) is 0. The molecular formula is C59H108O6. The van der Waals surface area contributed by atoms with Crippen LogP contribution in [0.3, 0.4) is 0 Å². The third kappa shape index (κ3) is 52.5. The van der Waals surface area contributed by atoms with E-state index >= 15 is 0 Å². The molecule has 6 heteroatoms. The highest BCUT2D eigenvalue weighted by Gasteiger charge is 2.19. The van der Waals surface area contributed by atoms with Crippen LogP contribution >= 0.6 is 0 Å². The van der Waals surface area contributed by atoms with Crippen molar-refractivity contribution in [2.75, 3.05) is 13.2 Å². The van der Waals surface area contributed by atoms with Crippen molar-refractivity contribution in [3.05, 3.63) is 36.5 Å². The van der Waals surface area contributed by atoms with E-state index in [-0.39, 0.29) is 31.1 Å². The maximum absolute atomic E-state index is 12.8. The van der Waals surface area contributed by atoms with E-state index in [4.69, 9.17) is 14.2 Å². The summed E-state index contributed by atoms with van der Waals surface area (Å²) in [6.45, 7) is 6.62. The van der Waals surface area contributed by atoms with Gasteiger partial charge in [-0.25, -0.2) is 0 Å². The summed E-state index contributed by atoms with van der Waals surface area (Å²) in [5.74, 6) is -0.875. The predicted octanol–water partition coefficient (Wildman–Crippen LogP) is 18.9. The van der Waals surface area contributed by atoms with Crippen LogP contribution in [0.4, 0.5) is 0 Å². The fourth-order valence-electron chi connectivity index (χ4n) is 8.29. The minimum Gasteiger partial charge on any atom is -0.462 e. The van der Waals surface area contributed by atoms with Crippen LogP contribution in [0.2, 0.25) is 0 Å². The summed E-state index contributed by atoms with van der Waals surface area (Å²) < 4.78 is 16.8. The Balaban J connectivity index is 4.27. The molecule has 0 bridgehead atoms. The first kappa shape index (κ1) is 62.6. The highest BCUT2D eigenvalue weighted by molar-refractivity contribution is 5.71. The van der Waals surface area contributed by atoms with Crippen LogP contribution in [0.25, 0.3) is 0 Å². The Morgan fingerprint density at radius 2 is 0.554 bits per heavy atom. The fourth-order valence-corrected chi connectivity index (χ4v) is 8.29. The van der Waals surface area contributed by atoms with Gasteiger partial charge in [-0.3, -0.25) is 14.4 Å². The van der Waals surface area contributed by atoms with Gasteiger partial charge >= 0.3 is 17.9 Å². The van der Waals surface area contributed by atoms with Gasteiger partial charge in [0.05, 0.1) is 0 Å². The molecule has 0 saturated carbocycles. The lowest BCUT2D eigenvalue weighted by atomic mass is 10.0. The summed E-state index contributed by atoms with van der Waals surface area (Å²) in [6, 6.07) is 0. The van der Waals surface area contributed by atoms with Crippen LogP contribution in [0, 0.1) is 0 Å². The van der Waals surface area contributed by atoms with Crippen LogP contribution in [0.1, 0.15) is 303 Å². The van der Waals surface area contributed by atoms with Gasteiger partial charge in [0.15, 0.2) is 6.10 Å². The van der Waals surface area contributed by atoms with Gasteiger partial charge in [0.25, 0.3) is 0 Å². The molecule has 0 fully saturated rings. The smallest absolute Gasteiger partial charge is 0.306 e. The van der Waals surface area contributed by atoms with Gasteiger partial charge < -0.3 is 14.2 Å². The minimum atomic E-state index is -0.774. The molecule has 0 aromatic rings. The monoisotopic (exact) mass is 913 g/mol. The molecule has 65 heavy (non-hydrogen) atoms. The molecule has 0 aliphatic rings. The van der Waals surface area contributed by atoms with Crippen LogP contribution in [-0.4, -0.2) is 37.2 Å². The molecule has 380 valence electrons. The summed E-state index contributed by atoms with van der Waals surface area (Å²) in [5, 5.41) is 0. The topological polar surface area (TPSA) is 78.9 Å². The Hall–Kier alpha value is -2.37. The van der Waals surface area contributed by atoms with Crippen molar-refractivity contribution in [3.8, 4) is 0 Å². The molecule has 0 aliphatic heterocycles. The van der Waals surface area contributed by atoms with Crippen molar-refractivity contribution < 1.29 is 28.6 Å². The first-order valence-corrected chi connectivity index (χ1v) is 28.5. The Morgan fingerprint density at radius 3 is 0.892 bits per heavy atom. The van der Waals surface area contributed by atoms with Gasteiger partial charge in [-0.05, 0) is 77.0 Å². The molecule has 0 saturated heterocycles. The largest absolute Gasteiger partial charge is 0.462 e. The zero-order chi connectivity index (χ0) is 47.2. The maximum Gasteiger partial charge on any atom is 0.306 e. The van der Waals surface area contributed by atoms with Crippen LogP contribution < -0.4 is 0 Å². The Bertz CT molecular complexity index is 1090. The van der Waals surface area contributed by atoms with E-state index in [9.17, 15) is 14.4 Å². The molecule has 0 spiro atoms. The number of carbonyl (C=O) groups excluding carboxylic acids is 3. The van der Waals surface area contributed by atoms with Gasteiger partial charge in [0.1, 0.15) is 13.2 Å². The average molecular weight is 914 g/mol. The number of unbranched alkanes of at least 4 members (excludes halogenated alkanes) is 35. The first-order valence-electron chi connectivity index (χ1n) is 28.5. The van der Waals surface area contributed by atoms with Crippen molar-refractivity contribution in [2.24, 2.45) is 0 Å². The molecule has 0 heterocycles. The number of hydrogen-bond acceptors (Lipinski definition) is 6. The van der Waals surface area contributed by atoms with Crippen molar-refractivity contribution in [1.82, 2.24) is 0 Å². The van der Waals surface area contributed by atoms with Gasteiger partial charge in [0, 0.05) is 19.3 Å². The fraction of sp³-hybridized carbons (Fsp3) is 0.847. The van der Waals surface area contributed by atoms with Crippen LogP contribution in [-0.2, 0) is 28.6 Å². The number of esters is 3. The van der Waals surface area contributed by atoms with Crippen molar-refractivity contribution >= 4 is 17.9 Å². The Kier molecular flexibility index (Phi) is 52.3. The summed E-state index contributed by atoms with van der Waals surface area (Å²) in [5.41, 5.74) is 0. The second kappa shape index (κ2) is 54.2. The molecule has 0 radical (unpaired) electrons. The second-order valence-electron chi connectivity index (χ2n) is 19.2. The molecule has 0 unspecified atom stereocenters. The molecule has 0 aliphatic carbocycles. The van der Waals surface area contributed by atoms with Crippen molar-refractivity contribution in [3.63, 3.8) is 0 Å². The van der Waals surface area contributed by atoms with E-state index < -0.39 is 6.10 Å². The Labute approximate surface area is 404 Å². The molecule has 0 aromatic heterocycles. The van der Waals surface area contributed by atoms with E-state index in [0.29, 0.717) is 19.3 Å². The summed E-state index contributed by atoms with van der Waals surface area (Å²) in [4.78, 5) is 38.0. The van der Waals surface area contributed by atoms with Crippen LogP contribution in [0.15, 0.2) is 36.5 Å². The highest BCUT2D eigenvalue weighted by atomic mass is 16.6. The zero-order valence-corrected chi connectivity index (χ0v) is 43.5. The molecule has 0 amide bonds. The molecule has 0 aromatic carbocycles. The standard InChI is InChI=1S/C59H108O6/c1-4-7-10-13-16-19-22-24-26-27-28-29-30-31-33-35-38-40-43-46-49-52-58(61)64-55-56(65-59(62)53-50-47-44-41-36-21-18-15-12-9-6-3)54-63-57(60)51-48-45-42-39-37-34-32-25-23-20-17-14-11-8-5-2/h17,20,24-26,32,56H,4-16,18-19,21-23,27-31,33-55H2,1-3H3/b20-17-,26-24-,32-25-/t56-/m1/s1. The van der Waals surface area contributed by atoms with E-state index in [1.54, 1.807) is 0 Å². The SMILES string of the molecule is CCCCC/C=C\C/C=C\CCCCCCCC(=O)OC[C@H](COC(=O)CCCCCCCCCCCCC/C=C\CCCCCCCC)OC(=O)CCCCCCCCCCCCC. The first-order chi connectivity index (χ1) is 32.0. The lowest BCUT2D eigenvalue weighted by Crippen LogP contribution is -2.30. The number of carbonyl (C=O) groups is 3. The molecular weight excluding hydrogens is 805 g/mol. The highest BCUT2D eigenvalue weighted by Crippen LogP contribution is 2.16. The lowest BCUT2D eigenvalue weighted by molar-refractivity contribution is -0.167.